The van der Waals surface area contributed by atoms with E-state index in [1.54, 1.807) is 13.8 Å². The number of aliphatic hydroxyl groups excluding tert-OH is 1. The van der Waals surface area contributed by atoms with Gasteiger partial charge in [0.25, 0.3) is 0 Å². The van der Waals surface area contributed by atoms with E-state index in [1.807, 2.05) is 0 Å². The molecule has 182 valence electrons. The molecule has 0 aliphatic heterocycles. The summed E-state index contributed by atoms with van der Waals surface area (Å²) in [6.07, 6.45) is -0.893. The fraction of sp³-hybridized carbons (Fsp3) is 0.667. The van der Waals surface area contributed by atoms with Crippen LogP contribution in [0.15, 0.2) is 0 Å². The molecule has 4 unspecified atom stereocenters. The third kappa shape index (κ3) is 11.2. The summed E-state index contributed by atoms with van der Waals surface area (Å²) in [5.74, 6) is -5.75. The molecule has 0 spiro atoms. The summed E-state index contributed by atoms with van der Waals surface area (Å²) in [5, 5.41) is 25.4. The molecule has 0 saturated carbocycles. The number of carbonyl (C=O) groups excluding carboxylic acids is 5. The number of hydrogen-bond donors (Lipinski definition) is 8. The maximum absolute atomic E-state index is 12.6. The molecular weight excluding hydrogens is 428 g/mol. The minimum atomic E-state index is -1.54. The molecule has 14 heteroatoms. The second-order valence-electron chi connectivity index (χ2n) is 7.62. The van der Waals surface area contributed by atoms with Crippen molar-refractivity contribution >= 4 is 35.5 Å². The number of carbonyl (C=O) groups is 6. The van der Waals surface area contributed by atoms with E-state index in [0.29, 0.717) is 0 Å². The predicted octanol–water partition coefficient (Wildman–Crippen LogP) is -3.97. The van der Waals surface area contributed by atoms with Gasteiger partial charge in [-0.05, 0) is 18.8 Å². The third-order valence-corrected chi connectivity index (χ3v) is 4.21. The summed E-state index contributed by atoms with van der Waals surface area (Å²) in [7, 11) is 0. The summed E-state index contributed by atoms with van der Waals surface area (Å²) in [6.45, 7) is 2.66. The standard InChI is InChI=1S/C18H32N6O8/c1-8(2)5-11(23-15(28)9(19)6-14(21)27)16(29)24-12(7-25)17(30)22-10(18(31)32)3-4-13(20)26/h8-12,25H,3-7,19H2,1-2H3,(H2,20,26)(H2,21,27)(H,22,30)(H,23,28)(H,24,29)(H,31,32). The molecule has 32 heavy (non-hydrogen) atoms. The molecule has 0 rings (SSSR count). The number of aliphatic hydroxyl groups is 1. The van der Waals surface area contributed by atoms with Crippen LogP contribution < -0.4 is 33.2 Å². The van der Waals surface area contributed by atoms with Gasteiger partial charge in [-0.2, -0.15) is 0 Å². The van der Waals surface area contributed by atoms with Crippen molar-refractivity contribution in [1.82, 2.24) is 16.0 Å². The predicted molar refractivity (Wildman–Crippen MR) is 110 cm³/mol. The van der Waals surface area contributed by atoms with E-state index in [2.05, 4.69) is 16.0 Å². The first-order valence-corrected chi connectivity index (χ1v) is 9.85. The van der Waals surface area contributed by atoms with Gasteiger partial charge in [-0.3, -0.25) is 24.0 Å². The minimum absolute atomic E-state index is 0.0787. The lowest BCUT2D eigenvalue weighted by Crippen LogP contribution is -2.58. The number of carboxylic acid groups (broad SMARTS) is 1. The highest BCUT2D eigenvalue weighted by Gasteiger charge is 2.30. The lowest BCUT2D eigenvalue weighted by molar-refractivity contribution is -0.143. The third-order valence-electron chi connectivity index (χ3n) is 4.21. The molecule has 11 N–H and O–H groups in total. The lowest BCUT2D eigenvalue weighted by Gasteiger charge is -2.25. The molecule has 0 radical (unpaired) electrons. The van der Waals surface area contributed by atoms with Crippen LogP contribution in [0.25, 0.3) is 0 Å². The Hall–Kier alpha value is -3.26. The number of primary amides is 2. The average molecular weight is 460 g/mol. The molecule has 0 bridgehead atoms. The van der Waals surface area contributed by atoms with Gasteiger partial charge < -0.3 is 43.4 Å². The largest absolute Gasteiger partial charge is 0.480 e. The topological polar surface area (TPSA) is 257 Å². The summed E-state index contributed by atoms with van der Waals surface area (Å²) in [6, 6.07) is -5.45. The molecule has 0 aliphatic rings. The van der Waals surface area contributed by atoms with Gasteiger partial charge in [0, 0.05) is 6.42 Å². The molecule has 4 atom stereocenters. The quantitative estimate of drug-likeness (QED) is 0.118. The lowest BCUT2D eigenvalue weighted by atomic mass is 10.0. The number of carboxylic acids is 1. The van der Waals surface area contributed by atoms with Crippen LogP contribution in [0.2, 0.25) is 0 Å². The van der Waals surface area contributed by atoms with E-state index in [9.17, 15) is 33.9 Å². The number of amides is 5. The molecule has 0 fully saturated rings. The zero-order valence-electron chi connectivity index (χ0n) is 18.0. The van der Waals surface area contributed by atoms with Crippen molar-refractivity contribution in [2.24, 2.45) is 23.1 Å². The molecule has 0 aliphatic carbocycles. The molecule has 0 aromatic heterocycles. The molecule has 0 heterocycles. The molecule has 5 amide bonds. The highest BCUT2D eigenvalue weighted by Crippen LogP contribution is 2.07. The van der Waals surface area contributed by atoms with Crippen molar-refractivity contribution in [3.63, 3.8) is 0 Å². The second kappa shape index (κ2) is 13.9. The zero-order chi connectivity index (χ0) is 25.0. The Bertz CT molecular complexity index is 714. The molecule has 0 aromatic rings. The number of nitrogens with one attached hydrogen (secondary N) is 3. The van der Waals surface area contributed by atoms with Gasteiger partial charge in [-0.1, -0.05) is 13.8 Å². The van der Waals surface area contributed by atoms with Crippen molar-refractivity contribution in [1.29, 1.82) is 0 Å². The highest BCUT2D eigenvalue weighted by molar-refractivity contribution is 5.95. The van der Waals surface area contributed by atoms with Crippen LogP contribution in [-0.4, -0.2) is 76.5 Å². The van der Waals surface area contributed by atoms with Crippen molar-refractivity contribution in [2.75, 3.05) is 6.61 Å². The van der Waals surface area contributed by atoms with Gasteiger partial charge in [-0.25, -0.2) is 4.79 Å². The first-order chi connectivity index (χ1) is 14.8. The van der Waals surface area contributed by atoms with Gasteiger partial charge in [-0.15, -0.1) is 0 Å². The summed E-state index contributed by atoms with van der Waals surface area (Å²) in [4.78, 5) is 70.2. The van der Waals surface area contributed by atoms with E-state index >= 15 is 0 Å². The normalized spacial score (nSPS) is 14.5. The number of rotatable bonds is 15. The Morgan fingerprint density at radius 2 is 1.31 bits per heavy atom. The van der Waals surface area contributed by atoms with Crippen LogP contribution in [0.3, 0.4) is 0 Å². The highest BCUT2D eigenvalue weighted by atomic mass is 16.4. The Kier molecular flexibility index (Phi) is 12.5. The van der Waals surface area contributed by atoms with Crippen LogP contribution in [0.1, 0.15) is 39.5 Å². The van der Waals surface area contributed by atoms with Gasteiger partial charge >= 0.3 is 5.97 Å². The average Bonchev–Trinajstić information content (AvgIpc) is 2.66. The van der Waals surface area contributed by atoms with E-state index in [4.69, 9.17) is 22.3 Å². The van der Waals surface area contributed by atoms with Crippen molar-refractivity contribution in [3.8, 4) is 0 Å². The summed E-state index contributed by atoms with van der Waals surface area (Å²) < 4.78 is 0. The van der Waals surface area contributed by atoms with Crippen LogP contribution in [0, 0.1) is 5.92 Å². The van der Waals surface area contributed by atoms with Crippen LogP contribution >= 0.6 is 0 Å². The van der Waals surface area contributed by atoms with E-state index < -0.39 is 72.7 Å². The Morgan fingerprint density at radius 3 is 1.75 bits per heavy atom. The van der Waals surface area contributed by atoms with Crippen molar-refractivity contribution in [2.45, 2.75) is 63.7 Å². The monoisotopic (exact) mass is 460 g/mol. The Labute approximate surface area is 184 Å². The Morgan fingerprint density at radius 1 is 0.812 bits per heavy atom. The molecule has 0 aromatic carbocycles. The van der Waals surface area contributed by atoms with Gasteiger partial charge in [0.2, 0.25) is 29.5 Å². The fourth-order valence-corrected chi connectivity index (χ4v) is 2.57. The van der Waals surface area contributed by atoms with Crippen LogP contribution in [0.4, 0.5) is 0 Å². The van der Waals surface area contributed by atoms with Crippen molar-refractivity contribution < 1.29 is 39.0 Å². The fourth-order valence-electron chi connectivity index (χ4n) is 2.57. The van der Waals surface area contributed by atoms with Gasteiger partial charge in [0.1, 0.15) is 18.1 Å². The number of aliphatic carboxylic acids is 1. The van der Waals surface area contributed by atoms with E-state index in [-0.39, 0.29) is 25.2 Å². The molecule has 14 nitrogen and oxygen atoms in total. The van der Waals surface area contributed by atoms with Crippen LogP contribution in [-0.2, 0) is 28.8 Å². The van der Waals surface area contributed by atoms with Crippen molar-refractivity contribution in [3.05, 3.63) is 0 Å². The van der Waals surface area contributed by atoms with Crippen LogP contribution in [0.5, 0.6) is 0 Å². The smallest absolute Gasteiger partial charge is 0.326 e. The first kappa shape index (κ1) is 28.7. The van der Waals surface area contributed by atoms with E-state index in [0.717, 1.165) is 0 Å². The Balaban J connectivity index is 5.25. The van der Waals surface area contributed by atoms with Gasteiger partial charge in [0.15, 0.2) is 0 Å². The van der Waals surface area contributed by atoms with E-state index in [1.165, 1.54) is 0 Å². The first-order valence-electron chi connectivity index (χ1n) is 9.85. The zero-order valence-corrected chi connectivity index (χ0v) is 18.0. The SMILES string of the molecule is CC(C)CC(NC(=O)C(N)CC(N)=O)C(=O)NC(CO)C(=O)NC(CCC(N)=O)C(=O)O. The maximum atomic E-state index is 12.6. The maximum Gasteiger partial charge on any atom is 0.326 e. The number of nitrogens with two attached hydrogens (primary N) is 3. The van der Waals surface area contributed by atoms with Gasteiger partial charge in [0.05, 0.1) is 19.1 Å². The number of hydrogen-bond acceptors (Lipinski definition) is 8. The molecular formula is C18H32N6O8. The molecule has 0 saturated heterocycles. The second-order valence-corrected chi connectivity index (χ2v) is 7.62. The minimum Gasteiger partial charge on any atom is -0.480 e. The summed E-state index contributed by atoms with van der Waals surface area (Å²) in [5.41, 5.74) is 15.5. The summed E-state index contributed by atoms with van der Waals surface area (Å²) >= 11 is 0.